The van der Waals surface area contributed by atoms with Crippen LogP contribution in [0, 0.1) is 12.7 Å². The summed E-state index contributed by atoms with van der Waals surface area (Å²) >= 11 is 0. The minimum Gasteiger partial charge on any atom is -0.381 e. The van der Waals surface area contributed by atoms with E-state index in [4.69, 9.17) is 5.73 Å². The van der Waals surface area contributed by atoms with Crippen molar-refractivity contribution >= 4 is 11.7 Å². The van der Waals surface area contributed by atoms with Gasteiger partial charge in [-0.2, -0.15) is 0 Å². The smallest absolute Gasteiger partial charge is 0.254 e. The third-order valence-corrected chi connectivity index (χ3v) is 2.94. The van der Waals surface area contributed by atoms with Crippen molar-refractivity contribution < 1.29 is 9.18 Å². The number of nitrogens with one attached hydrogen (secondary N) is 1. The Hall–Kier alpha value is -2.43. The molecule has 2 aromatic rings. The van der Waals surface area contributed by atoms with Gasteiger partial charge in [0.1, 0.15) is 0 Å². The molecule has 1 aromatic heterocycles. The predicted molar refractivity (Wildman–Crippen MR) is 75.8 cm³/mol. The molecule has 0 saturated carbocycles. The molecule has 1 aromatic carbocycles. The fourth-order valence-corrected chi connectivity index (χ4v) is 1.92. The second-order valence-electron chi connectivity index (χ2n) is 4.55. The molecule has 0 bridgehead atoms. The highest BCUT2D eigenvalue weighted by Gasteiger charge is 2.13. The van der Waals surface area contributed by atoms with Crippen molar-refractivity contribution in [1.29, 1.82) is 0 Å². The molecule has 0 atom stereocenters. The molecule has 0 fully saturated rings. The van der Waals surface area contributed by atoms with E-state index in [1.165, 1.54) is 17.8 Å². The average Bonchev–Trinajstić information content (AvgIpc) is 2.42. The van der Waals surface area contributed by atoms with Gasteiger partial charge in [-0.1, -0.05) is 29.8 Å². The fourth-order valence-electron chi connectivity index (χ4n) is 1.92. The van der Waals surface area contributed by atoms with Gasteiger partial charge in [0.15, 0.2) is 11.6 Å². The molecule has 1 amide bonds. The summed E-state index contributed by atoms with van der Waals surface area (Å²) in [6.45, 7) is 2.45. The summed E-state index contributed by atoms with van der Waals surface area (Å²) in [4.78, 5) is 15.4. The number of carbonyl (C=O) groups is 1. The van der Waals surface area contributed by atoms with Gasteiger partial charge in [0.25, 0.3) is 5.91 Å². The molecule has 104 valence electrons. The van der Waals surface area contributed by atoms with Crippen molar-refractivity contribution in [3.63, 3.8) is 0 Å². The lowest BCUT2D eigenvalue weighted by atomic mass is 10.1. The van der Waals surface area contributed by atoms with Crippen molar-refractivity contribution in [2.24, 2.45) is 0 Å². The van der Waals surface area contributed by atoms with Crippen LogP contribution in [0.3, 0.4) is 0 Å². The minimum atomic E-state index is -0.777. The predicted octanol–water partition coefficient (Wildman–Crippen LogP) is 2.08. The Kier molecular flexibility index (Phi) is 4.30. The molecule has 0 aliphatic heterocycles. The highest BCUT2D eigenvalue weighted by atomic mass is 19.1. The molecule has 0 aliphatic rings. The third kappa shape index (κ3) is 3.32. The normalized spacial score (nSPS) is 10.3. The number of nitrogens with zero attached hydrogens (tertiary/aromatic N) is 1. The van der Waals surface area contributed by atoms with Gasteiger partial charge in [0.05, 0.1) is 5.56 Å². The maximum absolute atomic E-state index is 13.6. The first-order valence-corrected chi connectivity index (χ1v) is 6.31. The lowest BCUT2D eigenvalue weighted by Gasteiger charge is -2.07. The van der Waals surface area contributed by atoms with E-state index >= 15 is 0 Å². The largest absolute Gasteiger partial charge is 0.381 e. The van der Waals surface area contributed by atoms with Gasteiger partial charge < -0.3 is 11.1 Å². The van der Waals surface area contributed by atoms with E-state index in [0.29, 0.717) is 13.0 Å². The number of benzene rings is 1. The third-order valence-electron chi connectivity index (χ3n) is 2.94. The number of nitrogens with two attached hydrogens (primary N) is 1. The summed E-state index contributed by atoms with van der Waals surface area (Å²) in [6, 6.07) is 9.34. The average molecular weight is 273 g/mol. The van der Waals surface area contributed by atoms with Crippen LogP contribution in [0.5, 0.6) is 0 Å². The van der Waals surface area contributed by atoms with Crippen molar-refractivity contribution in [3.05, 3.63) is 59.0 Å². The SMILES string of the molecule is Cc1cccc(CCNC(=O)c2ccnc(N)c2F)c1. The van der Waals surface area contributed by atoms with Gasteiger partial charge in [-0.05, 0) is 25.0 Å². The fraction of sp³-hybridized carbons (Fsp3) is 0.200. The van der Waals surface area contributed by atoms with Crippen LogP contribution in [0.25, 0.3) is 0 Å². The Morgan fingerprint density at radius 1 is 1.40 bits per heavy atom. The number of aryl methyl sites for hydroxylation is 1. The summed E-state index contributed by atoms with van der Waals surface area (Å²) in [5.74, 6) is -1.53. The van der Waals surface area contributed by atoms with Gasteiger partial charge in [-0.25, -0.2) is 9.37 Å². The number of amides is 1. The molecule has 0 aliphatic carbocycles. The summed E-state index contributed by atoms with van der Waals surface area (Å²) in [7, 11) is 0. The Bertz CT molecular complexity index is 628. The van der Waals surface area contributed by atoms with E-state index in [1.54, 1.807) is 0 Å². The number of aromatic nitrogens is 1. The molecular formula is C15H16FN3O. The summed E-state index contributed by atoms with van der Waals surface area (Å²) < 4.78 is 13.6. The summed E-state index contributed by atoms with van der Waals surface area (Å²) in [6.07, 6.45) is 2.00. The van der Waals surface area contributed by atoms with Gasteiger partial charge >= 0.3 is 0 Å². The molecule has 4 nitrogen and oxygen atoms in total. The van der Waals surface area contributed by atoms with Crippen LogP contribution in [0.2, 0.25) is 0 Å². The van der Waals surface area contributed by atoms with Crippen LogP contribution < -0.4 is 11.1 Å². The van der Waals surface area contributed by atoms with Crippen molar-refractivity contribution in [1.82, 2.24) is 10.3 Å². The zero-order valence-corrected chi connectivity index (χ0v) is 11.2. The molecule has 3 N–H and O–H groups in total. The number of carbonyl (C=O) groups excluding carboxylic acids is 1. The van der Waals surface area contributed by atoms with E-state index in [-0.39, 0.29) is 11.4 Å². The van der Waals surface area contributed by atoms with Gasteiger partial charge in [0.2, 0.25) is 0 Å². The van der Waals surface area contributed by atoms with E-state index in [9.17, 15) is 9.18 Å². The van der Waals surface area contributed by atoms with Gasteiger partial charge in [-0.15, -0.1) is 0 Å². The van der Waals surface area contributed by atoms with Crippen LogP contribution in [0.4, 0.5) is 10.2 Å². The molecule has 0 spiro atoms. The number of hydrogen-bond donors (Lipinski definition) is 2. The molecule has 0 saturated heterocycles. The van der Waals surface area contributed by atoms with E-state index < -0.39 is 11.7 Å². The van der Waals surface area contributed by atoms with Crippen LogP contribution in [-0.2, 0) is 6.42 Å². The molecule has 5 heteroatoms. The first-order valence-electron chi connectivity index (χ1n) is 6.31. The van der Waals surface area contributed by atoms with Crippen molar-refractivity contribution in [3.8, 4) is 0 Å². The monoisotopic (exact) mass is 273 g/mol. The maximum Gasteiger partial charge on any atom is 0.254 e. The van der Waals surface area contributed by atoms with Crippen LogP contribution in [0.15, 0.2) is 36.5 Å². The second-order valence-corrected chi connectivity index (χ2v) is 4.55. The highest BCUT2D eigenvalue weighted by Crippen LogP contribution is 2.11. The number of pyridine rings is 1. The minimum absolute atomic E-state index is 0.0817. The number of nitrogen functional groups attached to an aromatic ring is 1. The first kappa shape index (κ1) is 14.0. The Morgan fingerprint density at radius 3 is 2.95 bits per heavy atom. The van der Waals surface area contributed by atoms with Crippen LogP contribution in [-0.4, -0.2) is 17.4 Å². The lowest BCUT2D eigenvalue weighted by molar-refractivity contribution is 0.0950. The Morgan fingerprint density at radius 2 is 2.20 bits per heavy atom. The molecule has 1 heterocycles. The molecule has 0 radical (unpaired) electrons. The van der Waals surface area contributed by atoms with Crippen LogP contribution in [0.1, 0.15) is 21.5 Å². The van der Waals surface area contributed by atoms with E-state index in [2.05, 4.69) is 16.4 Å². The maximum atomic E-state index is 13.6. The van der Waals surface area contributed by atoms with Crippen molar-refractivity contribution in [2.75, 3.05) is 12.3 Å². The summed E-state index contributed by atoms with van der Waals surface area (Å²) in [5, 5.41) is 2.67. The first-order chi connectivity index (χ1) is 9.58. The number of rotatable bonds is 4. The molecule has 2 rings (SSSR count). The standard InChI is InChI=1S/C15H16FN3O/c1-10-3-2-4-11(9-10)5-7-19-15(20)12-6-8-18-14(17)13(12)16/h2-4,6,8-9H,5,7H2,1H3,(H2,17,18)(H,19,20). The second kappa shape index (κ2) is 6.14. The van der Waals surface area contributed by atoms with Gasteiger partial charge in [0, 0.05) is 12.7 Å². The number of halogens is 1. The molecule has 0 unspecified atom stereocenters. The topological polar surface area (TPSA) is 68.0 Å². The van der Waals surface area contributed by atoms with Crippen LogP contribution >= 0.6 is 0 Å². The van der Waals surface area contributed by atoms with Gasteiger partial charge in [-0.3, -0.25) is 4.79 Å². The zero-order chi connectivity index (χ0) is 14.5. The molecular weight excluding hydrogens is 257 g/mol. The number of hydrogen-bond acceptors (Lipinski definition) is 3. The molecule has 20 heavy (non-hydrogen) atoms. The lowest BCUT2D eigenvalue weighted by Crippen LogP contribution is -2.27. The van der Waals surface area contributed by atoms with E-state index in [1.807, 2.05) is 25.1 Å². The Balaban J connectivity index is 1.94. The highest BCUT2D eigenvalue weighted by molar-refractivity contribution is 5.95. The number of anilines is 1. The zero-order valence-electron chi connectivity index (χ0n) is 11.2. The summed E-state index contributed by atoms with van der Waals surface area (Å²) in [5.41, 5.74) is 7.54. The van der Waals surface area contributed by atoms with Crippen molar-refractivity contribution in [2.45, 2.75) is 13.3 Å². The van der Waals surface area contributed by atoms with E-state index in [0.717, 1.165) is 5.56 Å². The quantitative estimate of drug-likeness (QED) is 0.896. The Labute approximate surface area is 116 Å².